The van der Waals surface area contributed by atoms with Gasteiger partial charge >= 0.3 is 0 Å². The number of nitrogens with zero attached hydrogens (tertiary/aromatic N) is 2. The van der Waals surface area contributed by atoms with Crippen molar-refractivity contribution in [2.75, 3.05) is 26.2 Å². The highest BCUT2D eigenvalue weighted by Gasteiger charge is 2.26. The molecule has 0 bridgehead atoms. The monoisotopic (exact) mass is 277 g/mol. The van der Waals surface area contributed by atoms with Gasteiger partial charge in [0.15, 0.2) is 11.6 Å². The van der Waals surface area contributed by atoms with E-state index in [1.54, 1.807) is 0 Å². The Hall–Kier alpha value is -1.36. The predicted molar refractivity (Wildman–Crippen MR) is 75.6 cm³/mol. The van der Waals surface area contributed by atoms with Gasteiger partial charge in [0.2, 0.25) is 0 Å². The Labute approximate surface area is 119 Å². The third-order valence-corrected chi connectivity index (χ3v) is 4.50. The van der Waals surface area contributed by atoms with Gasteiger partial charge in [0.05, 0.1) is 0 Å². The van der Waals surface area contributed by atoms with Crippen LogP contribution in [0.4, 0.5) is 0 Å². The van der Waals surface area contributed by atoms with Crippen LogP contribution in [0.3, 0.4) is 0 Å². The van der Waals surface area contributed by atoms with Gasteiger partial charge in [-0.3, -0.25) is 4.79 Å². The molecule has 5 heteroatoms. The Bertz CT molecular complexity index is 457. The average molecular weight is 277 g/mol. The second-order valence-corrected chi connectivity index (χ2v) is 6.07. The number of aromatic nitrogens is 1. The number of rotatable bonds is 2. The maximum atomic E-state index is 12.4. The Morgan fingerprint density at radius 2 is 2.00 bits per heavy atom. The summed E-state index contributed by atoms with van der Waals surface area (Å²) in [7, 11) is 0. The fourth-order valence-electron chi connectivity index (χ4n) is 3.02. The number of nitrogens with one attached hydrogen (secondary N) is 1. The quantitative estimate of drug-likeness (QED) is 0.898. The Morgan fingerprint density at radius 1 is 1.30 bits per heavy atom. The Morgan fingerprint density at radius 3 is 2.70 bits per heavy atom. The number of oxazole rings is 1. The highest BCUT2D eigenvalue weighted by molar-refractivity contribution is 5.92. The molecule has 0 aliphatic carbocycles. The average Bonchev–Trinajstić information content (AvgIpc) is 2.98. The zero-order chi connectivity index (χ0) is 13.9. The fourth-order valence-corrected chi connectivity index (χ4v) is 3.02. The van der Waals surface area contributed by atoms with Crippen molar-refractivity contribution >= 4 is 5.91 Å². The largest absolute Gasteiger partial charge is 0.448 e. The van der Waals surface area contributed by atoms with Crippen molar-refractivity contribution < 1.29 is 9.21 Å². The van der Waals surface area contributed by atoms with Crippen LogP contribution in [0.2, 0.25) is 0 Å². The van der Waals surface area contributed by atoms with Crippen molar-refractivity contribution in [1.82, 2.24) is 15.2 Å². The number of hydrogen-bond acceptors (Lipinski definition) is 4. The van der Waals surface area contributed by atoms with Crippen LogP contribution in [0, 0.1) is 5.92 Å². The van der Waals surface area contributed by atoms with Gasteiger partial charge in [0, 0.05) is 19.0 Å². The number of hydrogen-bond donors (Lipinski definition) is 1. The summed E-state index contributed by atoms with van der Waals surface area (Å²) in [6.45, 7) is 5.93. The van der Waals surface area contributed by atoms with Gasteiger partial charge < -0.3 is 14.6 Å². The van der Waals surface area contributed by atoms with Crippen molar-refractivity contribution in [2.45, 2.75) is 38.5 Å². The first-order chi connectivity index (χ1) is 9.74. The molecule has 2 aliphatic heterocycles. The molecule has 3 rings (SSSR count). The molecule has 2 aliphatic rings. The van der Waals surface area contributed by atoms with Crippen LogP contribution < -0.4 is 5.32 Å². The highest BCUT2D eigenvalue weighted by Crippen LogP contribution is 2.25. The molecule has 0 spiro atoms. The van der Waals surface area contributed by atoms with Crippen LogP contribution in [0.25, 0.3) is 0 Å². The van der Waals surface area contributed by atoms with E-state index in [1.165, 1.54) is 6.26 Å². The van der Waals surface area contributed by atoms with Gasteiger partial charge in [-0.1, -0.05) is 6.92 Å². The van der Waals surface area contributed by atoms with Crippen molar-refractivity contribution in [1.29, 1.82) is 0 Å². The molecule has 1 aromatic rings. The molecule has 1 amide bonds. The lowest BCUT2D eigenvalue weighted by Gasteiger charge is -2.29. The molecule has 0 radical (unpaired) electrons. The maximum absolute atomic E-state index is 12.4. The zero-order valence-electron chi connectivity index (χ0n) is 12.1. The molecule has 0 saturated carbocycles. The van der Waals surface area contributed by atoms with Gasteiger partial charge in [-0.2, -0.15) is 0 Å². The number of amides is 1. The van der Waals surface area contributed by atoms with Gasteiger partial charge in [0.1, 0.15) is 6.26 Å². The van der Waals surface area contributed by atoms with Crippen molar-refractivity contribution in [3.8, 4) is 0 Å². The number of carbonyl (C=O) groups excluding carboxylic acids is 1. The van der Waals surface area contributed by atoms with E-state index in [1.807, 2.05) is 4.90 Å². The molecule has 1 aromatic heterocycles. The van der Waals surface area contributed by atoms with E-state index in [4.69, 9.17) is 4.42 Å². The van der Waals surface area contributed by atoms with E-state index in [-0.39, 0.29) is 5.91 Å². The second kappa shape index (κ2) is 5.95. The maximum Gasteiger partial charge on any atom is 0.275 e. The van der Waals surface area contributed by atoms with Crippen LogP contribution in [-0.2, 0) is 0 Å². The first kappa shape index (κ1) is 13.6. The molecule has 1 N–H and O–H groups in total. The fraction of sp³-hybridized carbons (Fsp3) is 0.733. The summed E-state index contributed by atoms with van der Waals surface area (Å²) < 4.78 is 5.55. The molecule has 2 fully saturated rings. The van der Waals surface area contributed by atoms with E-state index < -0.39 is 0 Å². The summed E-state index contributed by atoms with van der Waals surface area (Å²) in [5, 5.41) is 3.33. The van der Waals surface area contributed by atoms with E-state index in [0.717, 1.165) is 63.7 Å². The lowest BCUT2D eigenvalue weighted by Crippen LogP contribution is -2.38. The van der Waals surface area contributed by atoms with Gasteiger partial charge in [0.25, 0.3) is 5.91 Å². The predicted octanol–water partition coefficient (Wildman–Crippen LogP) is 2.01. The molecule has 0 aromatic carbocycles. The summed E-state index contributed by atoms with van der Waals surface area (Å²) >= 11 is 0. The molecule has 5 nitrogen and oxygen atoms in total. The minimum atomic E-state index is 0.0286. The zero-order valence-corrected chi connectivity index (χ0v) is 12.1. The summed E-state index contributed by atoms with van der Waals surface area (Å²) in [5.74, 6) is 1.85. The SMILES string of the molecule is CC1CCN(C(=O)c2coc(C3CCNCC3)n2)CC1. The van der Waals surface area contributed by atoms with Gasteiger partial charge in [-0.25, -0.2) is 4.98 Å². The first-order valence-electron chi connectivity index (χ1n) is 7.69. The van der Waals surface area contributed by atoms with Crippen LogP contribution in [0.5, 0.6) is 0 Å². The van der Waals surface area contributed by atoms with Crippen LogP contribution >= 0.6 is 0 Å². The number of likely N-dealkylation sites (tertiary alicyclic amines) is 1. The molecular formula is C15H23N3O2. The van der Waals surface area contributed by atoms with Crippen LogP contribution in [0.15, 0.2) is 10.7 Å². The first-order valence-corrected chi connectivity index (χ1v) is 7.69. The van der Waals surface area contributed by atoms with E-state index in [9.17, 15) is 4.79 Å². The summed E-state index contributed by atoms with van der Waals surface area (Å²) in [6.07, 6.45) is 5.79. The smallest absolute Gasteiger partial charge is 0.275 e. The highest BCUT2D eigenvalue weighted by atomic mass is 16.3. The lowest BCUT2D eigenvalue weighted by molar-refractivity contribution is 0.0691. The third kappa shape index (κ3) is 2.87. The van der Waals surface area contributed by atoms with Crippen LogP contribution in [0.1, 0.15) is 54.9 Å². The molecule has 110 valence electrons. The van der Waals surface area contributed by atoms with Crippen LogP contribution in [-0.4, -0.2) is 42.0 Å². The summed E-state index contributed by atoms with van der Waals surface area (Å²) in [6, 6.07) is 0. The number of piperidine rings is 2. The standard InChI is InChI=1S/C15H23N3O2/c1-11-4-8-18(9-5-11)15(19)13-10-20-14(17-13)12-2-6-16-7-3-12/h10-12,16H,2-9H2,1H3. The Kier molecular flexibility index (Phi) is 4.05. The minimum absolute atomic E-state index is 0.0286. The van der Waals surface area contributed by atoms with Crippen molar-refractivity contribution in [3.63, 3.8) is 0 Å². The summed E-state index contributed by atoms with van der Waals surface area (Å²) in [5.41, 5.74) is 0.480. The van der Waals surface area contributed by atoms with Gasteiger partial charge in [-0.05, 0) is 44.7 Å². The molecule has 2 saturated heterocycles. The van der Waals surface area contributed by atoms with Gasteiger partial charge in [-0.15, -0.1) is 0 Å². The topological polar surface area (TPSA) is 58.4 Å². The lowest BCUT2D eigenvalue weighted by atomic mass is 9.98. The van der Waals surface area contributed by atoms with E-state index >= 15 is 0 Å². The molecule has 3 heterocycles. The normalized spacial score (nSPS) is 22.1. The molecule has 0 atom stereocenters. The molecule has 0 unspecified atom stereocenters. The number of carbonyl (C=O) groups is 1. The Balaban J connectivity index is 1.65. The molecule has 20 heavy (non-hydrogen) atoms. The summed E-state index contributed by atoms with van der Waals surface area (Å²) in [4.78, 5) is 18.7. The van der Waals surface area contributed by atoms with Crippen molar-refractivity contribution in [2.24, 2.45) is 5.92 Å². The molecular weight excluding hydrogens is 254 g/mol. The van der Waals surface area contributed by atoms with E-state index in [2.05, 4.69) is 17.2 Å². The minimum Gasteiger partial charge on any atom is -0.448 e. The van der Waals surface area contributed by atoms with E-state index in [0.29, 0.717) is 11.6 Å². The third-order valence-electron chi connectivity index (χ3n) is 4.50. The van der Waals surface area contributed by atoms with Crippen molar-refractivity contribution in [3.05, 3.63) is 17.8 Å². The second-order valence-electron chi connectivity index (χ2n) is 6.07.